The molecule has 0 saturated carbocycles. The van der Waals surface area contributed by atoms with Crippen LogP contribution in [0, 0.1) is 0 Å². The van der Waals surface area contributed by atoms with E-state index in [0.717, 1.165) is 64.2 Å². The van der Waals surface area contributed by atoms with Crippen LogP contribution < -0.4 is 0 Å². The van der Waals surface area contributed by atoms with Gasteiger partial charge in [-0.15, -0.1) is 0 Å². The molecule has 0 aromatic rings. The highest BCUT2D eigenvalue weighted by molar-refractivity contribution is 5.70. The predicted octanol–water partition coefficient (Wildman–Crippen LogP) is 5.15. The Kier molecular flexibility index (Phi) is 31.2. The maximum atomic E-state index is 12.9. The molecule has 0 amide bonds. The van der Waals surface area contributed by atoms with E-state index in [1.54, 1.807) is 0 Å². The summed E-state index contributed by atoms with van der Waals surface area (Å²) in [6.45, 7) is 2.43. The molecule has 0 bridgehead atoms. The quantitative estimate of drug-likeness (QED) is 0.0252. The Balaban J connectivity index is 1.84. The van der Waals surface area contributed by atoms with Crippen LogP contribution in [0.5, 0.6) is 0 Å². The molecule has 2 rings (SSSR count). The van der Waals surface area contributed by atoms with Crippen LogP contribution in [0.15, 0.2) is 48.6 Å². The lowest BCUT2D eigenvalue weighted by Gasteiger charge is -2.42. The Hall–Kier alpha value is -2.54. The summed E-state index contributed by atoms with van der Waals surface area (Å²) in [5.74, 6) is -0.968. The highest BCUT2D eigenvalue weighted by atomic mass is 16.7. The van der Waals surface area contributed by atoms with Gasteiger partial charge in [-0.05, 0) is 51.4 Å². The summed E-state index contributed by atoms with van der Waals surface area (Å²) < 4.78 is 33.4. The minimum Gasteiger partial charge on any atom is -0.462 e. The second kappa shape index (κ2) is 34.8. The first-order chi connectivity index (χ1) is 30.0. The number of hydrogen-bond acceptors (Lipinski definition) is 15. The second-order valence-corrected chi connectivity index (χ2v) is 16.2. The molecule has 62 heavy (non-hydrogen) atoms. The van der Waals surface area contributed by atoms with Gasteiger partial charge in [0.25, 0.3) is 0 Å². The maximum Gasteiger partial charge on any atom is 0.306 e. The highest BCUT2D eigenvalue weighted by Gasteiger charge is 2.47. The van der Waals surface area contributed by atoms with E-state index < -0.39 is 99.3 Å². The molecule has 0 aliphatic carbocycles. The van der Waals surface area contributed by atoms with Crippen molar-refractivity contribution >= 4 is 11.9 Å². The topological polar surface area (TPSA) is 231 Å². The molecular weight excluding hydrogens is 805 g/mol. The van der Waals surface area contributed by atoms with E-state index in [1.807, 2.05) is 0 Å². The van der Waals surface area contributed by atoms with Gasteiger partial charge < -0.3 is 64.2 Å². The van der Waals surface area contributed by atoms with Crippen molar-refractivity contribution in [3.05, 3.63) is 48.6 Å². The van der Waals surface area contributed by atoms with Crippen LogP contribution in [-0.2, 0) is 38.0 Å². The van der Waals surface area contributed by atoms with Crippen molar-refractivity contribution in [3.63, 3.8) is 0 Å². The van der Waals surface area contributed by atoms with Crippen molar-refractivity contribution in [1.29, 1.82) is 0 Å². The fourth-order valence-corrected chi connectivity index (χ4v) is 6.91. The SMILES string of the molecule is CCC/C=C/C/C=C/C/C=C/C/C=C/CCCCCC(=O)OC[C@@H](CO[C@@H]1O[C@H](CO[C@@H]2O[C@H](CO)[C@H](O)C(O)C2O)[C@H](O)C(O)C1O)OC(=O)CCCCCCCCCCC. The molecule has 2 saturated heterocycles. The molecule has 0 aromatic heterocycles. The average Bonchev–Trinajstić information content (AvgIpc) is 3.26. The van der Waals surface area contributed by atoms with Crippen molar-refractivity contribution in [2.75, 3.05) is 26.4 Å². The first-order valence-corrected chi connectivity index (χ1v) is 23.2. The third-order valence-electron chi connectivity index (χ3n) is 10.8. The Labute approximate surface area is 369 Å². The van der Waals surface area contributed by atoms with Crippen LogP contribution in [0.2, 0.25) is 0 Å². The summed E-state index contributed by atoms with van der Waals surface area (Å²) in [4.78, 5) is 25.6. The van der Waals surface area contributed by atoms with E-state index in [2.05, 4.69) is 62.5 Å². The zero-order valence-corrected chi connectivity index (χ0v) is 37.3. The molecule has 0 spiro atoms. The van der Waals surface area contributed by atoms with E-state index in [0.29, 0.717) is 12.8 Å². The molecule has 2 aliphatic heterocycles. The van der Waals surface area contributed by atoms with Crippen molar-refractivity contribution < 1.29 is 73.8 Å². The summed E-state index contributed by atoms with van der Waals surface area (Å²) in [6.07, 6.45) is 18.8. The van der Waals surface area contributed by atoms with Gasteiger partial charge in [0, 0.05) is 12.8 Å². The van der Waals surface area contributed by atoms with Crippen molar-refractivity contribution in [2.45, 2.75) is 210 Å². The fourth-order valence-electron chi connectivity index (χ4n) is 6.91. The molecule has 15 heteroatoms. The van der Waals surface area contributed by atoms with Crippen LogP contribution in [-0.4, -0.2) is 142 Å². The standard InChI is InChI=1S/C47H80O15/c1-3-5-7-9-11-13-14-15-16-17-18-19-20-22-23-25-27-29-38(49)57-32-35(60-39(50)30-28-26-24-21-12-10-8-6-4-2)33-58-46-45(56)43(54)41(52)37(62-46)34-59-47-44(55)42(53)40(51)36(31-48)61-47/h7,9,13-14,16-17,19-20,35-37,40-48,51-56H,3-6,8,10-12,15,18,21-34H2,1-2H3/b9-7+,14-13+,17-16+,20-19+/t35-,36+,37+,40-,41-,42?,43?,44?,45?,46+,47+/m0/s1. The highest BCUT2D eigenvalue weighted by Crippen LogP contribution is 2.26. The minimum absolute atomic E-state index is 0.157. The summed E-state index contributed by atoms with van der Waals surface area (Å²) in [6, 6.07) is 0. The molecule has 15 nitrogen and oxygen atoms in total. The van der Waals surface area contributed by atoms with Gasteiger partial charge in [-0.25, -0.2) is 0 Å². The number of carbonyl (C=O) groups excluding carboxylic acids is 2. The molecular formula is C47H80O15. The Morgan fingerprint density at radius 2 is 1.00 bits per heavy atom. The van der Waals surface area contributed by atoms with E-state index in [-0.39, 0.29) is 19.4 Å². The normalized spacial score (nSPS) is 27.5. The number of rotatable bonds is 34. The largest absolute Gasteiger partial charge is 0.462 e. The third-order valence-corrected chi connectivity index (χ3v) is 10.8. The lowest BCUT2D eigenvalue weighted by atomic mass is 9.98. The van der Waals surface area contributed by atoms with Gasteiger partial charge in [0.05, 0.1) is 19.8 Å². The molecule has 0 aromatic carbocycles. The first kappa shape index (κ1) is 55.6. The molecule has 0 radical (unpaired) electrons. The van der Waals surface area contributed by atoms with Gasteiger partial charge in [0.15, 0.2) is 18.7 Å². The summed E-state index contributed by atoms with van der Waals surface area (Å²) in [7, 11) is 0. The van der Waals surface area contributed by atoms with Crippen molar-refractivity contribution in [2.24, 2.45) is 0 Å². The lowest BCUT2D eigenvalue weighted by Crippen LogP contribution is -2.61. The van der Waals surface area contributed by atoms with Gasteiger partial charge in [0.2, 0.25) is 0 Å². The lowest BCUT2D eigenvalue weighted by molar-refractivity contribution is -0.332. The van der Waals surface area contributed by atoms with Crippen molar-refractivity contribution in [3.8, 4) is 0 Å². The van der Waals surface area contributed by atoms with E-state index in [1.165, 1.54) is 38.5 Å². The number of esters is 2. The predicted molar refractivity (Wildman–Crippen MR) is 233 cm³/mol. The van der Waals surface area contributed by atoms with Crippen LogP contribution in [0.25, 0.3) is 0 Å². The molecule has 7 N–H and O–H groups in total. The third kappa shape index (κ3) is 23.4. The van der Waals surface area contributed by atoms with Gasteiger partial charge >= 0.3 is 11.9 Å². The summed E-state index contributed by atoms with van der Waals surface area (Å²) in [5.41, 5.74) is 0. The zero-order valence-electron chi connectivity index (χ0n) is 37.3. The second-order valence-electron chi connectivity index (χ2n) is 16.2. The van der Waals surface area contributed by atoms with E-state index in [9.17, 15) is 45.3 Å². The number of unbranched alkanes of at least 4 members (excludes halogenated alkanes) is 12. The fraction of sp³-hybridized carbons (Fsp3) is 0.787. The monoisotopic (exact) mass is 885 g/mol. The number of hydrogen-bond donors (Lipinski definition) is 7. The first-order valence-electron chi connectivity index (χ1n) is 23.2. The summed E-state index contributed by atoms with van der Waals surface area (Å²) in [5, 5.41) is 71.8. The van der Waals surface area contributed by atoms with Gasteiger partial charge in [-0.1, -0.05) is 127 Å². The maximum absolute atomic E-state index is 12.9. The molecule has 11 atom stereocenters. The minimum atomic E-state index is -1.77. The van der Waals surface area contributed by atoms with E-state index >= 15 is 0 Å². The Morgan fingerprint density at radius 1 is 0.516 bits per heavy atom. The van der Waals surface area contributed by atoms with E-state index in [4.69, 9.17) is 28.4 Å². The smallest absolute Gasteiger partial charge is 0.306 e. The van der Waals surface area contributed by atoms with Crippen LogP contribution in [0.1, 0.15) is 142 Å². The number of carbonyl (C=O) groups is 2. The number of aliphatic hydroxyl groups excluding tert-OH is 7. The van der Waals surface area contributed by atoms with Gasteiger partial charge in [0.1, 0.15) is 55.4 Å². The molecule has 2 fully saturated rings. The molecule has 2 aliphatic rings. The average molecular weight is 885 g/mol. The molecule has 4 unspecified atom stereocenters. The van der Waals surface area contributed by atoms with Crippen molar-refractivity contribution in [1.82, 2.24) is 0 Å². The summed E-state index contributed by atoms with van der Waals surface area (Å²) >= 11 is 0. The number of ether oxygens (including phenoxy) is 6. The van der Waals surface area contributed by atoms with Crippen LogP contribution in [0.3, 0.4) is 0 Å². The number of allylic oxidation sites excluding steroid dienone is 8. The van der Waals surface area contributed by atoms with Crippen LogP contribution in [0.4, 0.5) is 0 Å². The number of aliphatic hydroxyl groups is 7. The molecule has 358 valence electrons. The zero-order chi connectivity index (χ0) is 45.4. The van der Waals surface area contributed by atoms with Crippen LogP contribution >= 0.6 is 0 Å². The van der Waals surface area contributed by atoms with Gasteiger partial charge in [-0.2, -0.15) is 0 Å². The molecule has 2 heterocycles. The Bertz CT molecular complexity index is 1270. The van der Waals surface area contributed by atoms with Gasteiger partial charge in [-0.3, -0.25) is 9.59 Å². The Morgan fingerprint density at radius 3 is 1.58 bits per heavy atom.